The van der Waals surface area contributed by atoms with Crippen LogP contribution in [0.2, 0.25) is 0 Å². The molecule has 1 aromatic carbocycles. The average molecular weight is 296 g/mol. The molecule has 0 bridgehead atoms. The van der Waals surface area contributed by atoms with Gasteiger partial charge in [-0.2, -0.15) is 23.4 Å². The van der Waals surface area contributed by atoms with Gasteiger partial charge < -0.3 is 0 Å². The first-order valence-corrected chi connectivity index (χ1v) is 7.02. The zero-order valence-electron chi connectivity index (χ0n) is 10.3. The van der Waals surface area contributed by atoms with Crippen LogP contribution < -0.4 is 0 Å². The number of rotatable bonds is 2. The van der Waals surface area contributed by atoms with Gasteiger partial charge in [0, 0.05) is 11.3 Å². The van der Waals surface area contributed by atoms with Crippen molar-refractivity contribution in [3.05, 3.63) is 57.8 Å². The maximum atomic E-state index is 12.5. The van der Waals surface area contributed by atoms with Crippen molar-refractivity contribution in [1.29, 1.82) is 0 Å². The number of azo groups is 1. The fourth-order valence-electron chi connectivity index (χ4n) is 2.22. The molecular weight excluding hydrogens is 285 g/mol. The van der Waals surface area contributed by atoms with Crippen molar-refractivity contribution in [1.82, 2.24) is 0 Å². The number of hydrogen-bond donors (Lipinski definition) is 0. The third-order valence-corrected chi connectivity index (χ3v) is 4.26. The zero-order chi connectivity index (χ0) is 14.2. The molecule has 0 aliphatic carbocycles. The van der Waals surface area contributed by atoms with Gasteiger partial charge in [-0.1, -0.05) is 18.2 Å². The Morgan fingerprint density at radius 2 is 1.70 bits per heavy atom. The molecule has 20 heavy (non-hydrogen) atoms. The molecule has 6 heteroatoms. The number of halogens is 3. The van der Waals surface area contributed by atoms with Crippen molar-refractivity contribution in [3.63, 3.8) is 0 Å². The summed E-state index contributed by atoms with van der Waals surface area (Å²) in [5.41, 5.74) is 0.145. The second-order valence-corrected chi connectivity index (χ2v) is 5.61. The lowest BCUT2D eigenvalue weighted by atomic mass is 10.00. The Kier molecular flexibility index (Phi) is 3.33. The molecule has 1 aliphatic heterocycles. The highest BCUT2D eigenvalue weighted by Crippen LogP contribution is 2.40. The molecule has 2 aromatic rings. The SMILES string of the molecule is FC(F)(F)c1ccc(C2CC(c3cccs3)N=N2)cc1. The van der Waals surface area contributed by atoms with E-state index in [1.165, 1.54) is 12.1 Å². The van der Waals surface area contributed by atoms with E-state index in [4.69, 9.17) is 0 Å². The minimum atomic E-state index is -4.30. The Morgan fingerprint density at radius 1 is 1.00 bits per heavy atom. The molecule has 0 radical (unpaired) electrons. The second kappa shape index (κ2) is 5.01. The van der Waals surface area contributed by atoms with E-state index < -0.39 is 11.7 Å². The highest BCUT2D eigenvalue weighted by molar-refractivity contribution is 7.10. The molecule has 1 aliphatic rings. The first-order valence-electron chi connectivity index (χ1n) is 6.14. The van der Waals surface area contributed by atoms with Crippen LogP contribution in [0.3, 0.4) is 0 Å². The van der Waals surface area contributed by atoms with Crippen LogP contribution in [0, 0.1) is 0 Å². The smallest absolute Gasteiger partial charge is 0.185 e. The molecule has 2 atom stereocenters. The Morgan fingerprint density at radius 3 is 2.30 bits per heavy atom. The molecule has 0 N–H and O–H groups in total. The maximum Gasteiger partial charge on any atom is 0.416 e. The lowest BCUT2D eigenvalue weighted by Crippen LogP contribution is -2.05. The largest absolute Gasteiger partial charge is 0.416 e. The highest BCUT2D eigenvalue weighted by Gasteiger charge is 2.31. The fraction of sp³-hybridized carbons (Fsp3) is 0.286. The summed E-state index contributed by atoms with van der Waals surface area (Å²) in [5.74, 6) is 0. The van der Waals surface area contributed by atoms with Gasteiger partial charge in [0.2, 0.25) is 0 Å². The minimum absolute atomic E-state index is 0.0299. The average Bonchev–Trinajstić information content (AvgIpc) is 3.09. The molecule has 0 fully saturated rings. The summed E-state index contributed by atoms with van der Waals surface area (Å²) in [7, 11) is 0. The number of thiophene rings is 1. The molecule has 2 nitrogen and oxygen atoms in total. The van der Waals surface area contributed by atoms with Crippen molar-refractivity contribution >= 4 is 11.3 Å². The molecule has 2 unspecified atom stereocenters. The molecule has 3 rings (SSSR count). The number of alkyl halides is 3. The number of benzene rings is 1. The van der Waals surface area contributed by atoms with E-state index in [9.17, 15) is 13.2 Å². The Balaban J connectivity index is 1.74. The molecule has 1 aromatic heterocycles. The van der Waals surface area contributed by atoms with Gasteiger partial charge in [-0.3, -0.25) is 0 Å². The summed E-state index contributed by atoms with van der Waals surface area (Å²) in [6.45, 7) is 0. The summed E-state index contributed by atoms with van der Waals surface area (Å²) in [6.07, 6.45) is -3.58. The molecule has 0 amide bonds. The molecule has 0 saturated heterocycles. The quantitative estimate of drug-likeness (QED) is 0.708. The molecule has 104 valence electrons. The predicted octanol–water partition coefficient (Wildman–Crippen LogP) is 5.41. The van der Waals surface area contributed by atoms with Gasteiger partial charge in [-0.25, -0.2) is 0 Å². The summed E-state index contributed by atoms with van der Waals surface area (Å²) >= 11 is 1.62. The van der Waals surface area contributed by atoms with Crippen LogP contribution in [0.5, 0.6) is 0 Å². The van der Waals surface area contributed by atoms with Crippen LogP contribution in [0.4, 0.5) is 13.2 Å². The molecular formula is C14H11F3N2S. The van der Waals surface area contributed by atoms with Crippen molar-refractivity contribution < 1.29 is 13.2 Å². The monoisotopic (exact) mass is 296 g/mol. The lowest BCUT2D eigenvalue weighted by Gasteiger charge is -2.10. The van der Waals surface area contributed by atoms with E-state index in [2.05, 4.69) is 10.2 Å². The topological polar surface area (TPSA) is 24.7 Å². The predicted molar refractivity (Wildman–Crippen MR) is 70.7 cm³/mol. The van der Waals surface area contributed by atoms with Gasteiger partial charge >= 0.3 is 6.18 Å². The van der Waals surface area contributed by atoms with Crippen LogP contribution in [0.25, 0.3) is 0 Å². The lowest BCUT2D eigenvalue weighted by molar-refractivity contribution is -0.137. The van der Waals surface area contributed by atoms with E-state index in [1.54, 1.807) is 11.3 Å². The summed E-state index contributed by atoms with van der Waals surface area (Å²) < 4.78 is 37.5. The van der Waals surface area contributed by atoms with Crippen LogP contribution in [0.15, 0.2) is 52.0 Å². The van der Waals surface area contributed by atoms with Crippen LogP contribution in [0.1, 0.15) is 34.5 Å². The molecule has 0 spiro atoms. The van der Waals surface area contributed by atoms with Gasteiger partial charge in [0.1, 0.15) is 6.04 Å². The van der Waals surface area contributed by atoms with Crippen LogP contribution in [-0.4, -0.2) is 0 Å². The van der Waals surface area contributed by atoms with Crippen LogP contribution in [-0.2, 0) is 6.18 Å². The number of hydrogen-bond acceptors (Lipinski definition) is 3. The van der Waals surface area contributed by atoms with E-state index in [-0.39, 0.29) is 12.1 Å². The van der Waals surface area contributed by atoms with Gasteiger partial charge in [0.15, 0.2) is 0 Å². The summed E-state index contributed by atoms with van der Waals surface area (Å²) in [5, 5.41) is 10.4. The summed E-state index contributed by atoms with van der Waals surface area (Å²) in [6, 6.07) is 9.02. The molecule has 0 saturated carbocycles. The Labute approximate surface area is 118 Å². The Bertz CT molecular complexity index is 602. The van der Waals surface area contributed by atoms with Gasteiger partial charge in [0.05, 0.1) is 11.6 Å². The van der Waals surface area contributed by atoms with Crippen molar-refractivity contribution in [3.8, 4) is 0 Å². The minimum Gasteiger partial charge on any atom is -0.185 e. The first kappa shape index (κ1) is 13.3. The third-order valence-electron chi connectivity index (χ3n) is 3.29. The van der Waals surface area contributed by atoms with Gasteiger partial charge in [0.25, 0.3) is 0 Å². The van der Waals surface area contributed by atoms with E-state index in [1.807, 2.05) is 17.5 Å². The third kappa shape index (κ3) is 2.60. The zero-order valence-corrected chi connectivity index (χ0v) is 11.2. The molecule has 2 heterocycles. The van der Waals surface area contributed by atoms with Crippen LogP contribution >= 0.6 is 11.3 Å². The van der Waals surface area contributed by atoms with Crippen molar-refractivity contribution in [2.45, 2.75) is 24.7 Å². The first-order chi connectivity index (χ1) is 9.54. The van der Waals surface area contributed by atoms with E-state index >= 15 is 0 Å². The second-order valence-electron chi connectivity index (χ2n) is 4.63. The highest BCUT2D eigenvalue weighted by atomic mass is 32.1. The summed E-state index contributed by atoms with van der Waals surface area (Å²) in [4.78, 5) is 1.14. The van der Waals surface area contributed by atoms with Crippen molar-refractivity contribution in [2.24, 2.45) is 10.2 Å². The fourth-order valence-corrected chi connectivity index (χ4v) is 2.99. The van der Waals surface area contributed by atoms with Gasteiger partial charge in [-0.05, 0) is 29.1 Å². The standard InChI is InChI=1S/C14H11F3N2S/c15-14(16,17)10-5-3-9(4-6-10)11-8-12(19-18-11)13-2-1-7-20-13/h1-7,11-12H,8H2. The Hall–Kier alpha value is -1.69. The maximum absolute atomic E-state index is 12.5. The normalized spacial score (nSPS) is 22.4. The van der Waals surface area contributed by atoms with E-state index in [0.29, 0.717) is 6.42 Å². The number of nitrogens with zero attached hydrogens (tertiary/aromatic N) is 2. The van der Waals surface area contributed by atoms with Gasteiger partial charge in [-0.15, -0.1) is 11.3 Å². The van der Waals surface area contributed by atoms with E-state index in [0.717, 1.165) is 22.6 Å². The van der Waals surface area contributed by atoms with Crippen molar-refractivity contribution in [2.75, 3.05) is 0 Å².